The van der Waals surface area contributed by atoms with Gasteiger partial charge in [0.2, 0.25) is 5.91 Å². The first-order valence-electron chi connectivity index (χ1n) is 22.5. The van der Waals surface area contributed by atoms with Gasteiger partial charge >= 0.3 is 24.2 Å². The SMILES string of the molecule is CC1COc2ccccc2N1C(=O)C(Cl)Cl.CCOC(=O)C(Cl)Cc1cc(-n2nc(C)n(C(F)F)c2=O)c(F)cc1Cl.CCc1cccc(C)c1N(C(=O)CCl)C(C)COC.C[S+](C)C.O=C(O)CNCP(=O)([O-])O. The average molecular weight is 1200 g/mol. The van der Waals surface area contributed by atoms with E-state index in [1.807, 2.05) is 62.5 Å². The number of hydrogen-bond acceptors (Lipinski definition) is 12. The lowest BCUT2D eigenvalue weighted by Crippen LogP contribution is -2.47. The summed E-state index contributed by atoms with van der Waals surface area (Å²) in [5, 5.41) is 12.5. The summed E-state index contributed by atoms with van der Waals surface area (Å²) in [6.07, 6.45) is 6.64. The van der Waals surface area contributed by atoms with Gasteiger partial charge in [-0.05, 0) is 92.9 Å². The number of anilines is 2. The fourth-order valence-electron chi connectivity index (χ4n) is 6.63. The largest absolute Gasteiger partial charge is 0.778 e. The molecule has 28 heteroatoms. The minimum absolute atomic E-state index is 0.0223. The third-order valence-electron chi connectivity index (χ3n) is 9.69. The molecule has 18 nitrogen and oxygen atoms in total. The maximum absolute atomic E-state index is 14.2. The Labute approximate surface area is 462 Å². The van der Waals surface area contributed by atoms with Crippen LogP contribution in [0.1, 0.15) is 56.8 Å². The molecule has 3 aromatic carbocycles. The number of carbonyl (C=O) groups excluding carboxylic acids is 3. The van der Waals surface area contributed by atoms with Crippen molar-refractivity contribution < 1.29 is 66.0 Å². The number of aryl methyl sites for hydroxylation is 3. The number of rotatable bonds is 17. The number of aromatic nitrogens is 3. The van der Waals surface area contributed by atoms with Gasteiger partial charge in [0.05, 0.1) is 68.3 Å². The lowest BCUT2D eigenvalue weighted by molar-refractivity contribution is -0.193. The van der Waals surface area contributed by atoms with Crippen LogP contribution in [0.2, 0.25) is 5.02 Å². The van der Waals surface area contributed by atoms with Crippen LogP contribution in [-0.2, 0) is 57.0 Å². The van der Waals surface area contributed by atoms with Gasteiger partial charge in [-0.25, -0.2) is 13.8 Å². The van der Waals surface area contributed by atoms with Gasteiger partial charge in [0.15, 0.2) is 10.7 Å². The molecule has 0 saturated heterocycles. The van der Waals surface area contributed by atoms with E-state index in [2.05, 4.69) is 36.9 Å². The van der Waals surface area contributed by atoms with E-state index in [1.165, 1.54) is 6.92 Å². The Morgan fingerprint density at radius 2 is 1.65 bits per heavy atom. The van der Waals surface area contributed by atoms with E-state index in [-0.39, 0.29) is 69.5 Å². The van der Waals surface area contributed by atoms with E-state index < -0.39 is 60.6 Å². The van der Waals surface area contributed by atoms with Gasteiger partial charge in [0, 0.05) is 18.6 Å². The highest BCUT2D eigenvalue weighted by Crippen LogP contribution is 2.35. The Morgan fingerprint density at radius 3 is 2.16 bits per heavy atom. The van der Waals surface area contributed by atoms with Crippen LogP contribution in [0.3, 0.4) is 0 Å². The number of carboxylic acid groups (broad SMARTS) is 1. The van der Waals surface area contributed by atoms with Gasteiger partial charge in [0.1, 0.15) is 42.7 Å². The van der Waals surface area contributed by atoms with Crippen molar-refractivity contribution in [3.05, 3.63) is 98.4 Å². The van der Waals surface area contributed by atoms with Crippen molar-refractivity contribution in [1.82, 2.24) is 19.7 Å². The summed E-state index contributed by atoms with van der Waals surface area (Å²) in [6, 6.07) is 15.3. The smallest absolute Gasteiger partial charge is 0.355 e. The van der Waals surface area contributed by atoms with E-state index in [4.69, 9.17) is 82.2 Å². The number of para-hydroxylation sites is 3. The number of nitrogens with zero attached hydrogens (tertiary/aromatic N) is 5. The molecule has 1 aromatic heterocycles. The third-order valence-corrected chi connectivity index (χ3v) is 11.6. The topological polar surface area (TPSA) is 235 Å². The van der Waals surface area contributed by atoms with Crippen molar-refractivity contribution in [1.29, 1.82) is 0 Å². The predicted molar refractivity (Wildman–Crippen MR) is 289 cm³/mol. The van der Waals surface area contributed by atoms with Gasteiger partial charge in [-0.3, -0.25) is 24.5 Å². The lowest BCUT2D eigenvalue weighted by atomic mass is 10.0. The number of aliphatic carboxylic acids is 1. The number of esters is 1. The molecule has 75 heavy (non-hydrogen) atoms. The highest BCUT2D eigenvalue weighted by atomic mass is 35.5. The second kappa shape index (κ2) is 34.0. The zero-order valence-corrected chi connectivity index (χ0v) is 48.3. The molecule has 4 atom stereocenters. The average Bonchev–Trinajstić information content (AvgIpc) is 3.62. The molecule has 3 N–H and O–H groups in total. The van der Waals surface area contributed by atoms with Crippen LogP contribution in [0.4, 0.5) is 24.5 Å². The first-order chi connectivity index (χ1) is 35.0. The fourth-order valence-corrected chi connectivity index (χ4v) is 7.82. The molecule has 1 aliphatic heterocycles. The van der Waals surface area contributed by atoms with Gasteiger partial charge < -0.3 is 43.5 Å². The molecule has 420 valence electrons. The molecule has 2 heterocycles. The number of hydrogen-bond donors (Lipinski definition) is 3. The van der Waals surface area contributed by atoms with E-state index in [9.17, 15) is 46.6 Å². The molecule has 4 aromatic rings. The third kappa shape index (κ3) is 22.8. The first kappa shape index (κ1) is 69.0. The maximum Gasteiger partial charge on any atom is 0.355 e. The second-order valence-electron chi connectivity index (χ2n) is 16.3. The number of amides is 2. The Bertz CT molecular complexity index is 2590. The Balaban J connectivity index is 0.000000510. The van der Waals surface area contributed by atoms with Crippen molar-refractivity contribution in [3.8, 4) is 11.4 Å². The molecule has 0 radical (unpaired) electrons. The number of carbonyl (C=O) groups is 4. The molecule has 2 amide bonds. The number of ether oxygens (including phenoxy) is 3. The quantitative estimate of drug-likeness (QED) is 0.0399. The summed E-state index contributed by atoms with van der Waals surface area (Å²) in [6.45, 7) is 8.23. The van der Waals surface area contributed by atoms with E-state index in [0.29, 0.717) is 34.5 Å². The second-order valence-corrected chi connectivity index (χ2v) is 22.7. The van der Waals surface area contributed by atoms with Crippen LogP contribution in [0, 0.1) is 19.7 Å². The minimum Gasteiger partial charge on any atom is -0.778 e. The normalized spacial score (nSPS) is 14.2. The van der Waals surface area contributed by atoms with Crippen molar-refractivity contribution in [2.75, 3.05) is 74.2 Å². The standard InChI is InChI=1S/C15H14Cl2F3N3O3.C15H22ClNO2.C11H11Cl2NO2.C3H8NO5P.C3H9S/c1-3-26-13(24)10(17)4-8-5-12(11(18)6-9(8)16)23-15(25)22(14(19)20)7(2)21-23;1-5-13-8-6-7-11(2)15(13)17(14(18)9-16)12(3)10-19-4;1-7-6-16-9-5-3-2-4-8(9)14(7)11(15)10(12)13;5-3(6)1-4-2-10(7,8)9;1-4(2)3/h5-6,10,14H,3-4H2,1-2H3;6-8,12H,5,9-10H2,1-4H3;2-5,7,10H,6H2,1H3;4H,1-2H2,(H,5,6)(H2,7,8,9);1-3H3/q;;;;+1/p-1. The summed E-state index contributed by atoms with van der Waals surface area (Å²) in [4.78, 5) is 77.8. The molecule has 0 bridgehead atoms. The molecule has 1 aliphatic rings. The van der Waals surface area contributed by atoms with Gasteiger partial charge in [-0.1, -0.05) is 72.1 Å². The maximum atomic E-state index is 14.2. The van der Waals surface area contributed by atoms with Gasteiger partial charge in [0.25, 0.3) is 5.91 Å². The lowest BCUT2D eigenvalue weighted by Gasteiger charge is -2.35. The van der Waals surface area contributed by atoms with Crippen molar-refractivity contribution in [2.24, 2.45) is 0 Å². The van der Waals surface area contributed by atoms with Crippen molar-refractivity contribution >= 4 is 112 Å². The number of nitrogens with one attached hydrogen (secondary N) is 1. The zero-order valence-electron chi connectivity index (χ0n) is 42.8. The summed E-state index contributed by atoms with van der Waals surface area (Å²) >= 11 is 28.9. The minimum atomic E-state index is -4.35. The van der Waals surface area contributed by atoms with Crippen LogP contribution in [0.5, 0.6) is 5.75 Å². The number of carboxylic acids is 1. The fraction of sp³-hybridized carbons (Fsp3) is 0.489. The van der Waals surface area contributed by atoms with Crippen molar-refractivity contribution in [3.63, 3.8) is 0 Å². The molecule has 4 unspecified atom stereocenters. The van der Waals surface area contributed by atoms with Crippen LogP contribution >= 0.6 is 65.6 Å². The number of methoxy groups -OCH3 is 1. The number of fused-ring (bicyclic) bond motifs is 1. The van der Waals surface area contributed by atoms with Crippen LogP contribution in [-0.4, -0.2) is 135 Å². The van der Waals surface area contributed by atoms with E-state index in [1.54, 1.807) is 23.8 Å². The molecule has 0 fully saturated rings. The summed E-state index contributed by atoms with van der Waals surface area (Å²) in [5.74, 6) is -2.83. The molecule has 5 rings (SSSR count). The van der Waals surface area contributed by atoms with Crippen LogP contribution in [0.15, 0.2) is 59.4 Å². The highest BCUT2D eigenvalue weighted by Gasteiger charge is 2.32. The number of halogens is 8. The summed E-state index contributed by atoms with van der Waals surface area (Å²) < 4.78 is 66.1. The van der Waals surface area contributed by atoms with Gasteiger partial charge in [-0.2, -0.15) is 13.5 Å². The Morgan fingerprint density at radius 1 is 1.04 bits per heavy atom. The molecule has 0 aliphatic carbocycles. The molecule has 0 saturated carbocycles. The Hall–Kier alpha value is -4.06. The van der Waals surface area contributed by atoms with Crippen LogP contribution in [0.25, 0.3) is 5.69 Å². The van der Waals surface area contributed by atoms with E-state index >= 15 is 0 Å². The van der Waals surface area contributed by atoms with E-state index in [0.717, 1.165) is 41.1 Å². The first-order valence-corrected chi connectivity index (χ1v) is 28.9. The number of alkyl halides is 6. The summed E-state index contributed by atoms with van der Waals surface area (Å²) in [7, 11) is -2.07. The molecular weight excluding hydrogens is 1140 g/mol. The zero-order chi connectivity index (χ0) is 57.5. The van der Waals surface area contributed by atoms with Gasteiger partial charge in [-0.15, -0.1) is 28.3 Å². The highest BCUT2D eigenvalue weighted by molar-refractivity contribution is 7.94. The van der Waals surface area contributed by atoms with Crippen molar-refractivity contribution in [2.45, 2.75) is 83.2 Å². The van der Waals surface area contributed by atoms with Crippen LogP contribution < -0.4 is 30.4 Å². The molecular formula is C47H63Cl5F3N6O12PS. The summed E-state index contributed by atoms with van der Waals surface area (Å²) in [5.41, 5.74) is 2.56. The Kier molecular flexibility index (Phi) is 31.2. The predicted octanol–water partition coefficient (Wildman–Crippen LogP) is 7.67. The molecule has 0 spiro atoms. The monoisotopic (exact) mass is 1200 g/mol. The number of benzene rings is 3.